The van der Waals surface area contributed by atoms with Gasteiger partial charge in [-0.25, -0.2) is 4.79 Å². The molecule has 0 fully saturated rings. The molecule has 0 aliphatic carbocycles. The van der Waals surface area contributed by atoms with E-state index in [1.165, 1.54) is 13.8 Å². The van der Waals surface area contributed by atoms with Crippen LogP contribution in [0.5, 0.6) is 0 Å². The van der Waals surface area contributed by atoms with Gasteiger partial charge in [-0.2, -0.15) is 0 Å². The maximum absolute atomic E-state index is 11.9. The second-order valence-electron chi connectivity index (χ2n) is 4.27. The summed E-state index contributed by atoms with van der Waals surface area (Å²) < 4.78 is 0.902. The normalized spacial score (nSPS) is 13.5. The minimum Gasteiger partial charge on any atom is -0.478 e. The second kappa shape index (κ2) is 6.52. The summed E-state index contributed by atoms with van der Waals surface area (Å²) in [4.78, 5) is 22.7. The lowest BCUT2D eigenvalue weighted by molar-refractivity contribution is -0.133. The standard InChI is InChI=1S/C14H16BrNO3/c1-8(9(2)14(18)19)13(17)16-10(3)11-6-4-5-7-12(11)15/h4-7,10H,1-3H3,(H,16,17)(H,18,19)/b9-8-/t10-/m1/s1. The highest BCUT2D eigenvalue weighted by molar-refractivity contribution is 9.10. The van der Waals surface area contributed by atoms with Crippen molar-refractivity contribution in [2.24, 2.45) is 0 Å². The second-order valence-corrected chi connectivity index (χ2v) is 5.13. The molecule has 19 heavy (non-hydrogen) atoms. The molecule has 0 aliphatic rings. The van der Waals surface area contributed by atoms with Gasteiger partial charge in [-0.3, -0.25) is 4.79 Å². The minimum absolute atomic E-state index is 0.0526. The van der Waals surface area contributed by atoms with Crippen molar-refractivity contribution in [2.45, 2.75) is 26.8 Å². The largest absolute Gasteiger partial charge is 0.478 e. The Morgan fingerprint density at radius 2 is 1.79 bits per heavy atom. The zero-order valence-electron chi connectivity index (χ0n) is 11.0. The van der Waals surface area contributed by atoms with Crippen LogP contribution in [-0.4, -0.2) is 17.0 Å². The van der Waals surface area contributed by atoms with Crippen molar-refractivity contribution >= 4 is 27.8 Å². The monoisotopic (exact) mass is 325 g/mol. The lowest BCUT2D eigenvalue weighted by Crippen LogP contribution is -2.28. The van der Waals surface area contributed by atoms with Crippen LogP contribution in [0, 0.1) is 0 Å². The number of aliphatic carboxylic acids is 1. The maximum Gasteiger partial charge on any atom is 0.331 e. The first-order chi connectivity index (χ1) is 8.84. The third-order valence-electron chi connectivity index (χ3n) is 2.94. The smallest absolute Gasteiger partial charge is 0.331 e. The van der Waals surface area contributed by atoms with E-state index in [-0.39, 0.29) is 23.1 Å². The molecule has 0 saturated carbocycles. The Kier molecular flexibility index (Phi) is 5.30. The summed E-state index contributed by atoms with van der Waals surface area (Å²) in [5.41, 5.74) is 1.21. The number of hydrogen-bond acceptors (Lipinski definition) is 2. The molecule has 0 aliphatic heterocycles. The van der Waals surface area contributed by atoms with E-state index in [1.807, 2.05) is 31.2 Å². The van der Waals surface area contributed by atoms with E-state index >= 15 is 0 Å². The van der Waals surface area contributed by atoms with Crippen LogP contribution in [0.1, 0.15) is 32.4 Å². The number of benzene rings is 1. The Balaban J connectivity index is 2.87. The fourth-order valence-corrected chi connectivity index (χ4v) is 2.17. The molecule has 1 aromatic carbocycles. The molecule has 0 heterocycles. The predicted octanol–water partition coefficient (Wildman–Crippen LogP) is 3.05. The van der Waals surface area contributed by atoms with Crippen LogP contribution in [0.2, 0.25) is 0 Å². The SMILES string of the molecule is C/C(C(=O)O)=C(\C)C(=O)N[C@H](C)c1ccccc1Br. The van der Waals surface area contributed by atoms with E-state index < -0.39 is 5.97 Å². The number of nitrogens with one attached hydrogen (secondary N) is 1. The van der Waals surface area contributed by atoms with Gasteiger partial charge in [0.05, 0.1) is 6.04 Å². The van der Waals surface area contributed by atoms with Crippen LogP contribution in [0.25, 0.3) is 0 Å². The molecule has 0 radical (unpaired) electrons. The van der Waals surface area contributed by atoms with Gasteiger partial charge >= 0.3 is 5.97 Å². The van der Waals surface area contributed by atoms with E-state index in [2.05, 4.69) is 21.2 Å². The fraction of sp³-hybridized carbons (Fsp3) is 0.286. The van der Waals surface area contributed by atoms with Gasteiger partial charge in [0.15, 0.2) is 0 Å². The van der Waals surface area contributed by atoms with Crippen molar-refractivity contribution in [3.63, 3.8) is 0 Å². The Labute approximate surface area is 120 Å². The average molecular weight is 326 g/mol. The molecule has 0 spiro atoms. The zero-order valence-corrected chi connectivity index (χ0v) is 12.6. The van der Waals surface area contributed by atoms with Gasteiger partial charge in [-0.15, -0.1) is 0 Å². The third kappa shape index (κ3) is 3.92. The Morgan fingerprint density at radius 1 is 1.21 bits per heavy atom. The number of carboxylic acids is 1. The first-order valence-corrected chi connectivity index (χ1v) is 6.60. The number of carbonyl (C=O) groups excluding carboxylic acids is 1. The molecule has 0 saturated heterocycles. The van der Waals surface area contributed by atoms with Gasteiger partial charge < -0.3 is 10.4 Å². The molecule has 0 unspecified atom stereocenters. The molecular formula is C14H16BrNO3. The van der Waals surface area contributed by atoms with Crippen LogP contribution in [0.4, 0.5) is 0 Å². The summed E-state index contributed by atoms with van der Waals surface area (Å²) >= 11 is 3.42. The number of amides is 1. The van der Waals surface area contributed by atoms with E-state index in [0.717, 1.165) is 10.0 Å². The van der Waals surface area contributed by atoms with Gasteiger partial charge in [0.2, 0.25) is 5.91 Å². The van der Waals surface area contributed by atoms with Crippen molar-refractivity contribution in [1.29, 1.82) is 0 Å². The number of halogens is 1. The Morgan fingerprint density at radius 3 is 2.32 bits per heavy atom. The summed E-state index contributed by atoms with van der Waals surface area (Å²) in [6, 6.07) is 7.36. The number of hydrogen-bond donors (Lipinski definition) is 2. The van der Waals surface area contributed by atoms with Crippen molar-refractivity contribution < 1.29 is 14.7 Å². The van der Waals surface area contributed by atoms with Crippen molar-refractivity contribution in [2.75, 3.05) is 0 Å². The quantitative estimate of drug-likeness (QED) is 0.836. The number of rotatable bonds is 4. The van der Waals surface area contributed by atoms with Crippen LogP contribution in [0.15, 0.2) is 39.9 Å². The Bertz CT molecular complexity index is 537. The van der Waals surface area contributed by atoms with Crippen molar-refractivity contribution in [3.05, 3.63) is 45.4 Å². The summed E-state index contributed by atoms with van der Waals surface area (Å²) in [6.07, 6.45) is 0. The van der Waals surface area contributed by atoms with Gasteiger partial charge in [0.1, 0.15) is 0 Å². The zero-order chi connectivity index (χ0) is 14.6. The van der Waals surface area contributed by atoms with E-state index in [0.29, 0.717) is 0 Å². The molecule has 1 rings (SSSR count). The van der Waals surface area contributed by atoms with Gasteiger partial charge in [-0.1, -0.05) is 34.1 Å². The molecule has 0 bridgehead atoms. The van der Waals surface area contributed by atoms with Crippen molar-refractivity contribution in [3.8, 4) is 0 Å². The highest BCUT2D eigenvalue weighted by atomic mass is 79.9. The minimum atomic E-state index is -1.08. The highest BCUT2D eigenvalue weighted by Gasteiger charge is 2.16. The molecule has 0 aromatic heterocycles. The Hall–Kier alpha value is -1.62. The topological polar surface area (TPSA) is 66.4 Å². The highest BCUT2D eigenvalue weighted by Crippen LogP contribution is 2.23. The van der Waals surface area contributed by atoms with Gasteiger partial charge in [-0.05, 0) is 32.4 Å². The van der Waals surface area contributed by atoms with E-state index in [9.17, 15) is 9.59 Å². The molecule has 1 aromatic rings. The average Bonchev–Trinajstić information content (AvgIpc) is 2.37. The van der Waals surface area contributed by atoms with Gasteiger partial charge in [0, 0.05) is 15.6 Å². The fourth-order valence-electron chi connectivity index (χ4n) is 1.54. The summed E-state index contributed by atoms with van der Waals surface area (Å²) in [7, 11) is 0. The van der Waals surface area contributed by atoms with Crippen molar-refractivity contribution in [1.82, 2.24) is 5.32 Å². The summed E-state index contributed by atoms with van der Waals surface area (Å²) in [5.74, 6) is -1.45. The lowest BCUT2D eigenvalue weighted by Gasteiger charge is -2.16. The first kappa shape index (κ1) is 15.4. The first-order valence-electron chi connectivity index (χ1n) is 5.80. The number of carbonyl (C=O) groups is 2. The molecule has 5 heteroatoms. The predicted molar refractivity (Wildman–Crippen MR) is 76.7 cm³/mol. The van der Waals surface area contributed by atoms with E-state index in [1.54, 1.807) is 0 Å². The molecule has 2 N–H and O–H groups in total. The van der Waals surface area contributed by atoms with Crippen LogP contribution < -0.4 is 5.32 Å². The summed E-state index contributed by atoms with van der Waals surface area (Å²) in [5, 5.41) is 11.6. The maximum atomic E-state index is 11.9. The molecule has 4 nitrogen and oxygen atoms in total. The summed E-state index contributed by atoms with van der Waals surface area (Å²) in [6.45, 7) is 4.77. The molecule has 1 atom stereocenters. The molecule has 1 amide bonds. The lowest BCUT2D eigenvalue weighted by atomic mass is 10.1. The number of carboxylic acid groups (broad SMARTS) is 1. The van der Waals surface area contributed by atoms with Crippen LogP contribution >= 0.6 is 15.9 Å². The van der Waals surface area contributed by atoms with Crippen LogP contribution in [0.3, 0.4) is 0 Å². The molecular weight excluding hydrogens is 310 g/mol. The molecule has 102 valence electrons. The third-order valence-corrected chi connectivity index (χ3v) is 3.67. The van der Waals surface area contributed by atoms with Gasteiger partial charge in [0.25, 0.3) is 0 Å². The van der Waals surface area contributed by atoms with Crippen LogP contribution in [-0.2, 0) is 9.59 Å². The van der Waals surface area contributed by atoms with E-state index in [4.69, 9.17) is 5.11 Å².